The molecule has 0 bridgehead atoms. The minimum absolute atomic E-state index is 0.185. The second-order valence-electron chi connectivity index (χ2n) is 4.90. The van der Waals surface area contributed by atoms with Gasteiger partial charge in [0.25, 0.3) is 0 Å². The second-order valence-corrected chi connectivity index (χ2v) is 4.90. The summed E-state index contributed by atoms with van der Waals surface area (Å²) in [7, 11) is 1.53. The topological polar surface area (TPSA) is 61.6 Å². The van der Waals surface area contributed by atoms with Gasteiger partial charge < -0.3 is 13.9 Å². The number of aryl methyl sites for hydroxylation is 1. The van der Waals surface area contributed by atoms with E-state index in [-0.39, 0.29) is 6.61 Å². The maximum atomic E-state index is 10.8. The van der Waals surface area contributed by atoms with E-state index >= 15 is 0 Å². The summed E-state index contributed by atoms with van der Waals surface area (Å²) in [5.41, 5.74) is 3.18. The summed E-state index contributed by atoms with van der Waals surface area (Å²) in [5.74, 6) is 1.52. The van der Waals surface area contributed by atoms with Crippen molar-refractivity contribution >= 4 is 17.4 Å². The van der Waals surface area contributed by atoms with Crippen LogP contribution in [-0.4, -0.2) is 18.4 Å². The molecule has 5 nitrogen and oxygen atoms in total. The minimum atomic E-state index is 0.185. The Morgan fingerprint density at radius 1 is 1.18 bits per heavy atom. The van der Waals surface area contributed by atoms with Gasteiger partial charge in [0, 0.05) is 5.56 Å². The summed E-state index contributed by atoms with van der Waals surface area (Å²) in [6.45, 7) is 2.18. The van der Waals surface area contributed by atoms with E-state index in [0.29, 0.717) is 23.0 Å². The molecule has 3 aromatic rings. The molecule has 0 unspecified atom stereocenters. The Hall–Kier alpha value is -2.82. The average molecular weight is 297 g/mol. The molecule has 0 N–H and O–H groups in total. The fraction of sp³-hybridized carbons (Fsp3) is 0.176. The lowest BCUT2D eigenvalue weighted by Crippen LogP contribution is -1.98. The zero-order chi connectivity index (χ0) is 15.5. The third-order valence-electron chi connectivity index (χ3n) is 3.26. The number of nitrogens with zero attached hydrogens (tertiary/aromatic N) is 1. The van der Waals surface area contributed by atoms with Crippen molar-refractivity contribution in [2.75, 3.05) is 7.11 Å². The number of fused-ring (bicyclic) bond motifs is 1. The maximum absolute atomic E-state index is 10.8. The Labute approximate surface area is 127 Å². The van der Waals surface area contributed by atoms with Crippen LogP contribution in [0.25, 0.3) is 11.1 Å². The van der Waals surface area contributed by atoms with E-state index in [1.165, 1.54) is 7.11 Å². The molecular formula is C17H15NO4. The fourth-order valence-electron chi connectivity index (χ4n) is 2.16. The number of aldehydes is 1. The van der Waals surface area contributed by atoms with Crippen molar-refractivity contribution in [2.45, 2.75) is 13.5 Å². The molecule has 1 aromatic heterocycles. The first-order valence-electron chi connectivity index (χ1n) is 6.81. The lowest BCUT2D eigenvalue weighted by atomic mass is 10.2. The summed E-state index contributed by atoms with van der Waals surface area (Å²) in [6.07, 6.45) is 0.759. The summed E-state index contributed by atoms with van der Waals surface area (Å²) >= 11 is 0. The summed E-state index contributed by atoms with van der Waals surface area (Å²) in [5, 5.41) is 0. The van der Waals surface area contributed by atoms with Gasteiger partial charge in [-0.3, -0.25) is 4.79 Å². The number of aromatic nitrogens is 1. The monoisotopic (exact) mass is 297 g/mol. The third-order valence-corrected chi connectivity index (χ3v) is 3.26. The van der Waals surface area contributed by atoms with Gasteiger partial charge in [0.2, 0.25) is 5.89 Å². The molecule has 0 aliphatic rings. The highest BCUT2D eigenvalue weighted by Crippen LogP contribution is 2.28. The van der Waals surface area contributed by atoms with Gasteiger partial charge in [0.1, 0.15) is 11.8 Å². The van der Waals surface area contributed by atoms with E-state index in [4.69, 9.17) is 13.9 Å². The molecular weight excluding hydrogens is 282 g/mol. The average Bonchev–Trinajstić information content (AvgIpc) is 2.94. The van der Waals surface area contributed by atoms with Crippen LogP contribution < -0.4 is 9.47 Å². The highest BCUT2D eigenvalue weighted by atomic mass is 16.5. The van der Waals surface area contributed by atoms with E-state index in [0.717, 1.165) is 22.9 Å². The van der Waals surface area contributed by atoms with Crippen molar-refractivity contribution in [3.8, 4) is 11.5 Å². The lowest BCUT2D eigenvalue weighted by Gasteiger charge is -2.09. The van der Waals surface area contributed by atoms with Crippen molar-refractivity contribution in [2.24, 2.45) is 0 Å². The number of oxazole rings is 1. The molecule has 0 radical (unpaired) electrons. The molecule has 22 heavy (non-hydrogen) atoms. The van der Waals surface area contributed by atoms with Gasteiger partial charge in [-0.2, -0.15) is 0 Å². The van der Waals surface area contributed by atoms with E-state index < -0.39 is 0 Å². The van der Waals surface area contributed by atoms with Gasteiger partial charge >= 0.3 is 0 Å². The molecule has 0 atom stereocenters. The molecule has 0 saturated heterocycles. The fourth-order valence-corrected chi connectivity index (χ4v) is 2.16. The smallest absolute Gasteiger partial charge is 0.233 e. The van der Waals surface area contributed by atoms with Crippen LogP contribution in [0.3, 0.4) is 0 Å². The first-order valence-corrected chi connectivity index (χ1v) is 6.81. The predicted molar refractivity (Wildman–Crippen MR) is 81.5 cm³/mol. The molecule has 2 aromatic carbocycles. The second kappa shape index (κ2) is 5.89. The molecule has 0 fully saturated rings. The molecule has 0 saturated carbocycles. The number of ether oxygens (including phenoxy) is 2. The predicted octanol–water partition coefficient (Wildman–Crippen LogP) is 3.54. The van der Waals surface area contributed by atoms with Gasteiger partial charge in [0.05, 0.1) is 7.11 Å². The summed E-state index contributed by atoms with van der Waals surface area (Å²) in [6, 6.07) is 10.8. The summed E-state index contributed by atoms with van der Waals surface area (Å²) in [4.78, 5) is 15.1. The van der Waals surface area contributed by atoms with Crippen LogP contribution in [0.4, 0.5) is 0 Å². The Bertz CT molecular complexity index is 823. The first kappa shape index (κ1) is 14.1. The molecule has 3 rings (SSSR count). The molecule has 112 valence electrons. The van der Waals surface area contributed by atoms with Crippen LogP contribution in [0.5, 0.6) is 11.5 Å². The molecule has 0 aliphatic heterocycles. The number of methoxy groups -OCH3 is 1. The highest BCUT2D eigenvalue weighted by molar-refractivity contribution is 5.76. The van der Waals surface area contributed by atoms with Crippen LogP contribution >= 0.6 is 0 Å². The molecule has 1 heterocycles. The maximum Gasteiger partial charge on any atom is 0.233 e. The van der Waals surface area contributed by atoms with E-state index in [1.807, 2.05) is 25.1 Å². The number of carbonyl (C=O) groups excluding carboxylic acids is 1. The number of benzene rings is 2. The normalized spacial score (nSPS) is 10.6. The summed E-state index contributed by atoms with van der Waals surface area (Å²) < 4.78 is 16.5. The Morgan fingerprint density at radius 3 is 2.82 bits per heavy atom. The van der Waals surface area contributed by atoms with Gasteiger partial charge in [-0.15, -0.1) is 0 Å². The molecule has 0 spiro atoms. The third kappa shape index (κ3) is 2.79. The quantitative estimate of drug-likeness (QED) is 0.674. The van der Waals surface area contributed by atoms with E-state index in [2.05, 4.69) is 4.98 Å². The highest BCUT2D eigenvalue weighted by Gasteiger charge is 2.10. The van der Waals surface area contributed by atoms with Gasteiger partial charge in [-0.1, -0.05) is 6.07 Å². The van der Waals surface area contributed by atoms with Crippen LogP contribution in [0.2, 0.25) is 0 Å². The van der Waals surface area contributed by atoms with Crippen molar-refractivity contribution in [3.05, 3.63) is 53.4 Å². The van der Waals surface area contributed by atoms with Gasteiger partial charge in [0.15, 0.2) is 23.7 Å². The van der Waals surface area contributed by atoms with Crippen LogP contribution in [0, 0.1) is 6.92 Å². The molecule has 0 aliphatic carbocycles. The Morgan fingerprint density at radius 2 is 2.05 bits per heavy atom. The number of hydrogen-bond donors (Lipinski definition) is 0. The Kier molecular flexibility index (Phi) is 3.78. The van der Waals surface area contributed by atoms with Crippen molar-refractivity contribution in [3.63, 3.8) is 0 Å². The SMILES string of the molecule is COc1cc(C=O)ccc1OCc1nc2ccc(C)cc2o1. The van der Waals surface area contributed by atoms with Crippen LogP contribution in [-0.2, 0) is 6.61 Å². The van der Waals surface area contributed by atoms with Gasteiger partial charge in [-0.25, -0.2) is 4.98 Å². The molecule has 0 amide bonds. The van der Waals surface area contributed by atoms with Crippen LogP contribution in [0.15, 0.2) is 40.8 Å². The number of carbonyl (C=O) groups is 1. The van der Waals surface area contributed by atoms with Crippen molar-refractivity contribution in [1.82, 2.24) is 4.98 Å². The van der Waals surface area contributed by atoms with E-state index in [1.54, 1.807) is 18.2 Å². The minimum Gasteiger partial charge on any atom is -0.493 e. The molecule has 5 heteroatoms. The largest absolute Gasteiger partial charge is 0.493 e. The van der Waals surface area contributed by atoms with Crippen LogP contribution in [0.1, 0.15) is 21.8 Å². The Balaban J connectivity index is 1.80. The zero-order valence-electron chi connectivity index (χ0n) is 12.3. The lowest BCUT2D eigenvalue weighted by molar-refractivity contribution is 0.112. The van der Waals surface area contributed by atoms with E-state index in [9.17, 15) is 4.79 Å². The van der Waals surface area contributed by atoms with Gasteiger partial charge in [-0.05, 0) is 42.8 Å². The van der Waals surface area contributed by atoms with Crippen molar-refractivity contribution < 1.29 is 18.7 Å². The van der Waals surface area contributed by atoms with Crippen molar-refractivity contribution in [1.29, 1.82) is 0 Å². The number of hydrogen-bond acceptors (Lipinski definition) is 5. The number of rotatable bonds is 5. The first-order chi connectivity index (χ1) is 10.7. The standard InChI is InChI=1S/C17H15NO4/c1-11-3-5-13-15(7-11)22-17(18-13)10-21-14-6-4-12(9-19)8-16(14)20-2/h3-9H,10H2,1-2H3. The zero-order valence-corrected chi connectivity index (χ0v) is 12.3.